The van der Waals surface area contributed by atoms with Gasteiger partial charge in [-0.05, 0) is 37.5 Å². The van der Waals surface area contributed by atoms with Crippen LogP contribution in [0.4, 0.5) is 11.4 Å². The van der Waals surface area contributed by atoms with Crippen LogP contribution in [-0.4, -0.2) is 19.0 Å². The van der Waals surface area contributed by atoms with E-state index in [1.807, 2.05) is 19.1 Å². The van der Waals surface area contributed by atoms with Crippen molar-refractivity contribution in [2.45, 2.75) is 19.8 Å². The monoisotopic (exact) mass is 233 g/mol. The number of anilines is 2. The van der Waals surface area contributed by atoms with Gasteiger partial charge in [0.2, 0.25) is 5.91 Å². The molecule has 4 nitrogen and oxygen atoms in total. The number of nitrogens with zero attached hydrogens (tertiary/aromatic N) is 1. The Morgan fingerprint density at radius 2 is 2.00 bits per heavy atom. The van der Waals surface area contributed by atoms with Gasteiger partial charge in [0.25, 0.3) is 0 Å². The van der Waals surface area contributed by atoms with Crippen LogP contribution in [0.5, 0.6) is 0 Å². The number of piperidine rings is 1. The van der Waals surface area contributed by atoms with E-state index in [9.17, 15) is 4.79 Å². The molecule has 0 unspecified atom stereocenters. The van der Waals surface area contributed by atoms with Crippen LogP contribution in [0.15, 0.2) is 18.2 Å². The number of hydrogen-bond donors (Lipinski definition) is 2. The van der Waals surface area contributed by atoms with Gasteiger partial charge in [0.05, 0.1) is 0 Å². The Bertz CT molecular complexity index is 423. The summed E-state index contributed by atoms with van der Waals surface area (Å²) in [6.45, 7) is 3.74. The molecule has 0 aliphatic carbocycles. The van der Waals surface area contributed by atoms with Crippen LogP contribution >= 0.6 is 0 Å². The van der Waals surface area contributed by atoms with Crippen molar-refractivity contribution < 1.29 is 4.79 Å². The van der Waals surface area contributed by atoms with Crippen molar-refractivity contribution in [3.63, 3.8) is 0 Å². The Balaban J connectivity index is 2.05. The second-order valence-corrected chi connectivity index (χ2v) is 4.70. The summed E-state index contributed by atoms with van der Waals surface area (Å²) in [5.74, 6) is -0.137. The smallest absolute Gasteiger partial charge is 0.220 e. The number of nitrogens with two attached hydrogens (primary N) is 2. The van der Waals surface area contributed by atoms with Crippen LogP contribution in [0.2, 0.25) is 0 Å². The van der Waals surface area contributed by atoms with Gasteiger partial charge < -0.3 is 16.4 Å². The lowest BCUT2D eigenvalue weighted by Gasteiger charge is -2.32. The minimum absolute atomic E-state index is 0.0362. The van der Waals surface area contributed by atoms with Gasteiger partial charge in [0.1, 0.15) is 0 Å². The molecule has 1 saturated heterocycles. The maximum atomic E-state index is 11.1. The molecule has 2 rings (SSSR count). The number of carbonyl (C=O) groups excluding carboxylic acids is 1. The number of hydrogen-bond acceptors (Lipinski definition) is 3. The number of amides is 1. The maximum absolute atomic E-state index is 11.1. The minimum atomic E-state index is -0.173. The number of rotatable bonds is 2. The lowest BCUT2D eigenvalue weighted by Crippen LogP contribution is -2.38. The molecule has 92 valence electrons. The lowest BCUT2D eigenvalue weighted by molar-refractivity contribution is -0.122. The summed E-state index contributed by atoms with van der Waals surface area (Å²) in [6, 6.07) is 6.11. The molecule has 1 aliphatic heterocycles. The van der Waals surface area contributed by atoms with Gasteiger partial charge in [-0.25, -0.2) is 0 Å². The van der Waals surface area contributed by atoms with E-state index in [1.165, 1.54) is 0 Å². The molecule has 0 saturated carbocycles. The van der Waals surface area contributed by atoms with Crippen molar-refractivity contribution in [1.82, 2.24) is 0 Å². The van der Waals surface area contributed by atoms with Gasteiger partial charge >= 0.3 is 0 Å². The van der Waals surface area contributed by atoms with Gasteiger partial charge in [-0.2, -0.15) is 0 Å². The first kappa shape index (κ1) is 11.8. The summed E-state index contributed by atoms with van der Waals surface area (Å²) in [4.78, 5) is 13.3. The van der Waals surface area contributed by atoms with Crippen molar-refractivity contribution in [2.75, 3.05) is 23.7 Å². The van der Waals surface area contributed by atoms with Crippen LogP contribution in [0.25, 0.3) is 0 Å². The predicted molar refractivity (Wildman–Crippen MR) is 69.7 cm³/mol. The van der Waals surface area contributed by atoms with Crippen LogP contribution < -0.4 is 16.4 Å². The highest BCUT2D eigenvalue weighted by Gasteiger charge is 2.23. The fourth-order valence-corrected chi connectivity index (χ4v) is 2.25. The molecule has 0 atom stereocenters. The average Bonchev–Trinajstić information content (AvgIpc) is 2.33. The molecule has 4 N–H and O–H groups in total. The second-order valence-electron chi connectivity index (χ2n) is 4.70. The van der Waals surface area contributed by atoms with Gasteiger partial charge in [-0.15, -0.1) is 0 Å². The Labute approximate surface area is 102 Å². The molecule has 1 aromatic rings. The summed E-state index contributed by atoms with van der Waals surface area (Å²) >= 11 is 0. The highest BCUT2D eigenvalue weighted by molar-refractivity contribution is 5.77. The highest BCUT2D eigenvalue weighted by Crippen LogP contribution is 2.25. The molecule has 17 heavy (non-hydrogen) atoms. The Kier molecular flexibility index (Phi) is 3.22. The van der Waals surface area contributed by atoms with E-state index in [-0.39, 0.29) is 11.8 Å². The first-order valence-electron chi connectivity index (χ1n) is 5.98. The molecule has 1 aromatic carbocycles. The van der Waals surface area contributed by atoms with Crippen molar-refractivity contribution in [3.8, 4) is 0 Å². The molecule has 1 amide bonds. The van der Waals surface area contributed by atoms with Gasteiger partial charge in [0, 0.05) is 30.4 Å². The third-order valence-corrected chi connectivity index (χ3v) is 3.53. The van der Waals surface area contributed by atoms with E-state index >= 15 is 0 Å². The second kappa shape index (κ2) is 4.65. The summed E-state index contributed by atoms with van der Waals surface area (Å²) in [6.07, 6.45) is 1.67. The quantitative estimate of drug-likeness (QED) is 0.756. The topological polar surface area (TPSA) is 72.3 Å². The number of aryl methyl sites for hydroxylation is 1. The molecular weight excluding hydrogens is 214 g/mol. The summed E-state index contributed by atoms with van der Waals surface area (Å²) < 4.78 is 0. The van der Waals surface area contributed by atoms with E-state index in [1.54, 1.807) is 0 Å². The molecule has 1 heterocycles. The van der Waals surface area contributed by atoms with E-state index < -0.39 is 0 Å². The standard InChI is InChI=1S/C13H19N3O/c1-9-2-3-11(8-12(9)14)16-6-4-10(5-7-16)13(15)17/h2-3,8,10H,4-7,14H2,1H3,(H2,15,17). The molecular formula is C13H19N3O. The van der Waals surface area contributed by atoms with Crippen LogP contribution in [0.3, 0.4) is 0 Å². The summed E-state index contributed by atoms with van der Waals surface area (Å²) in [5, 5.41) is 0. The summed E-state index contributed by atoms with van der Waals surface area (Å²) in [7, 11) is 0. The van der Waals surface area contributed by atoms with Crippen molar-refractivity contribution in [2.24, 2.45) is 11.7 Å². The van der Waals surface area contributed by atoms with Crippen LogP contribution in [0, 0.1) is 12.8 Å². The maximum Gasteiger partial charge on any atom is 0.220 e. The van der Waals surface area contributed by atoms with E-state index in [4.69, 9.17) is 11.5 Å². The highest BCUT2D eigenvalue weighted by atomic mass is 16.1. The van der Waals surface area contributed by atoms with E-state index in [2.05, 4.69) is 11.0 Å². The molecule has 0 spiro atoms. The van der Waals surface area contributed by atoms with Gasteiger partial charge in [-0.3, -0.25) is 4.79 Å². The number of benzene rings is 1. The predicted octanol–water partition coefficient (Wildman–Crippen LogP) is 1.28. The average molecular weight is 233 g/mol. The third kappa shape index (κ3) is 2.52. The van der Waals surface area contributed by atoms with Crippen molar-refractivity contribution in [1.29, 1.82) is 0 Å². The zero-order valence-electron chi connectivity index (χ0n) is 10.1. The van der Waals surface area contributed by atoms with Crippen LogP contribution in [0.1, 0.15) is 18.4 Å². The van der Waals surface area contributed by atoms with Gasteiger partial charge in [-0.1, -0.05) is 6.07 Å². The fourth-order valence-electron chi connectivity index (χ4n) is 2.25. The first-order valence-corrected chi connectivity index (χ1v) is 5.98. The minimum Gasteiger partial charge on any atom is -0.398 e. The molecule has 4 heteroatoms. The Hall–Kier alpha value is -1.71. The number of primary amides is 1. The third-order valence-electron chi connectivity index (χ3n) is 3.53. The Morgan fingerprint density at radius 3 is 2.53 bits per heavy atom. The van der Waals surface area contributed by atoms with E-state index in [0.29, 0.717) is 0 Å². The first-order chi connectivity index (χ1) is 8.08. The molecule has 1 aliphatic rings. The SMILES string of the molecule is Cc1ccc(N2CCC(C(N)=O)CC2)cc1N. The zero-order chi connectivity index (χ0) is 12.4. The molecule has 0 bridgehead atoms. The Morgan fingerprint density at radius 1 is 1.35 bits per heavy atom. The normalized spacial score (nSPS) is 17.1. The fraction of sp³-hybridized carbons (Fsp3) is 0.462. The van der Waals surface area contributed by atoms with Crippen LogP contribution in [-0.2, 0) is 4.79 Å². The number of carbonyl (C=O) groups is 1. The van der Waals surface area contributed by atoms with Crippen molar-refractivity contribution >= 4 is 17.3 Å². The summed E-state index contributed by atoms with van der Waals surface area (Å²) in [5.41, 5.74) is 14.3. The van der Waals surface area contributed by atoms with Crippen molar-refractivity contribution in [3.05, 3.63) is 23.8 Å². The molecule has 0 aromatic heterocycles. The molecule has 0 radical (unpaired) electrons. The number of nitrogen functional groups attached to an aromatic ring is 1. The van der Waals surface area contributed by atoms with Gasteiger partial charge in [0.15, 0.2) is 0 Å². The molecule has 1 fully saturated rings. The lowest BCUT2D eigenvalue weighted by atomic mass is 9.96. The largest absolute Gasteiger partial charge is 0.398 e. The van der Waals surface area contributed by atoms with E-state index in [0.717, 1.165) is 42.9 Å². The zero-order valence-corrected chi connectivity index (χ0v) is 10.1.